The Morgan fingerprint density at radius 3 is 2.74 bits per heavy atom. The molecule has 0 spiro atoms. The lowest BCUT2D eigenvalue weighted by atomic mass is 9.66. The molecule has 2 amide bonds. The van der Waals surface area contributed by atoms with Crippen LogP contribution in [0.4, 0.5) is 0 Å². The summed E-state index contributed by atoms with van der Waals surface area (Å²) in [6.07, 6.45) is -2.51. The number of aliphatic hydroxyl groups is 2. The van der Waals surface area contributed by atoms with Crippen molar-refractivity contribution in [2.75, 3.05) is 33.1 Å². The normalized spacial score (nSPS) is 30.2. The van der Waals surface area contributed by atoms with Crippen LogP contribution in [-0.2, 0) is 11.3 Å². The smallest absolute Gasteiger partial charge is 0.255 e. The monoisotopic (exact) mass is 525 g/mol. The molecule has 1 saturated carbocycles. The van der Waals surface area contributed by atoms with Gasteiger partial charge >= 0.3 is 0 Å². The highest BCUT2D eigenvalue weighted by molar-refractivity contribution is 6.02. The number of phenolic OH excluding ortho intramolecular Hbond substituents is 1. The Morgan fingerprint density at radius 2 is 1.95 bits per heavy atom. The zero-order valence-corrected chi connectivity index (χ0v) is 20.9. The van der Waals surface area contributed by atoms with Gasteiger partial charge in [-0.2, -0.15) is 0 Å². The van der Waals surface area contributed by atoms with Crippen molar-refractivity contribution in [3.63, 3.8) is 0 Å². The van der Waals surface area contributed by atoms with Crippen LogP contribution in [0, 0.1) is 5.92 Å². The molecule has 3 aliphatic heterocycles. The van der Waals surface area contributed by atoms with Gasteiger partial charge in [-0.25, -0.2) is 0 Å². The minimum absolute atomic E-state index is 0.0121. The summed E-state index contributed by atoms with van der Waals surface area (Å²) in [5.41, 5.74) is 1.83. The lowest BCUT2D eigenvalue weighted by Crippen LogP contribution is -2.67. The highest BCUT2D eigenvalue weighted by atomic mass is 16.7. The number of nitrogens with zero attached hydrogens (tertiary/aromatic N) is 1. The Kier molecular flexibility index (Phi) is 6.39. The van der Waals surface area contributed by atoms with E-state index in [1.54, 1.807) is 19.1 Å². The minimum Gasteiger partial charge on any atom is -0.504 e. The average Bonchev–Trinajstić information content (AvgIpc) is 3.40. The number of fused-ring (bicyclic) bond motifs is 4. The van der Waals surface area contributed by atoms with Crippen molar-refractivity contribution in [1.82, 2.24) is 15.5 Å². The molecule has 3 heterocycles. The maximum absolute atomic E-state index is 13.5. The van der Waals surface area contributed by atoms with Gasteiger partial charge in [0.05, 0.1) is 30.9 Å². The molecular formula is C27H31N3O8. The van der Waals surface area contributed by atoms with Gasteiger partial charge in [-0.15, -0.1) is 0 Å². The molecule has 4 aliphatic rings. The highest BCUT2D eigenvalue weighted by Crippen LogP contribution is 2.50. The van der Waals surface area contributed by atoms with Crippen molar-refractivity contribution in [2.24, 2.45) is 5.92 Å². The summed E-state index contributed by atoms with van der Waals surface area (Å²) in [5.74, 6) is -2.08. The first-order valence-corrected chi connectivity index (χ1v) is 12.9. The van der Waals surface area contributed by atoms with Crippen molar-refractivity contribution in [3.8, 4) is 17.2 Å². The van der Waals surface area contributed by atoms with Crippen molar-refractivity contribution in [2.45, 2.75) is 43.7 Å². The number of ether oxygens (including phenoxy) is 3. The molecule has 6 rings (SSSR count). The second-order valence-electron chi connectivity index (χ2n) is 10.4. The van der Waals surface area contributed by atoms with E-state index in [-0.39, 0.29) is 29.6 Å². The maximum Gasteiger partial charge on any atom is 0.255 e. The molecule has 38 heavy (non-hydrogen) atoms. The molecule has 2 aromatic carbocycles. The van der Waals surface area contributed by atoms with Crippen LogP contribution in [0.25, 0.3) is 0 Å². The van der Waals surface area contributed by atoms with Crippen LogP contribution in [-0.4, -0.2) is 89.4 Å². The van der Waals surface area contributed by atoms with Crippen molar-refractivity contribution >= 4 is 11.8 Å². The van der Waals surface area contributed by atoms with Crippen LogP contribution < -0.4 is 20.1 Å². The quantitative estimate of drug-likeness (QED) is 0.380. The SMILES string of the molecule is C[C@@H]1[C@H](O)[C@@H](O)[C@H](NC(=O)c2cccc(CN3CCOCC3)c2)[C@@H]2c3cc4c(c(O)c3C(=O)N[C@@H]12)OCO4. The lowest BCUT2D eigenvalue weighted by molar-refractivity contribution is -0.0760. The Morgan fingerprint density at radius 1 is 1.16 bits per heavy atom. The number of phenols is 1. The summed E-state index contributed by atoms with van der Waals surface area (Å²) in [5, 5.41) is 38.6. The predicted octanol–water partition coefficient (Wildman–Crippen LogP) is 0.319. The van der Waals surface area contributed by atoms with Gasteiger partial charge in [-0.3, -0.25) is 14.5 Å². The van der Waals surface area contributed by atoms with Crippen LogP contribution >= 0.6 is 0 Å². The molecular weight excluding hydrogens is 494 g/mol. The van der Waals surface area contributed by atoms with Gasteiger partial charge in [-0.05, 0) is 29.3 Å². The number of hydrogen-bond donors (Lipinski definition) is 5. The van der Waals surface area contributed by atoms with Crippen molar-refractivity contribution in [3.05, 3.63) is 52.6 Å². The first kappa shape index (κ1) is 24.9. The van der Waals surface area contributed by atoms with E-state index < -0.39 is 47.9 Å². The van der Waals surface area contributed by atoms with Crippen LogP contribution in [0.2, 0.25) is 0 Å². The maximum atomic E-state index is 13.5. The molecule has 11 nitrogen and oxygen atoms in total. The van der Waals surface area contributed by atoms with E-state index in [2.05, 4.69) is 15.5 Å². The van der Waals surface area contributed by atoms with Gasteiger partial charge in [-0.1, -0.05) is 19.1 Å². The summed E-state index contributed by atoms with van der Waals surface area (Å²) < 4.78 is 16.2. The molecule has 0 radical (unpaired) electrons. The summed E-state index contributed by atoms with van der Waals surface area (Å²) >= 11 is 0. The molecule has 1 aliphatic carbocycles. The number of aromatic hydroxyl groups is 1. The zero-order chi connectivity index (χ0) is 26.6. The number of carbonyl (C=O) groups excluding carboxylic acids is 2. The number of benzene rings is 2. The van der Waals surface area contributed by atoms with E-state index >= 15 is 0 Å². The number of rotatable bonds is 4. The summed E-state index contributed by atoms with van der Waals surface area (Å²) in [7, 11) is 0. The summed E-state index contributed by atoms with van der Waals surface area (Å²) in [4.78, 5) is 28.8. The third kappa shape index (κ3) is 4.15. The van der Waals surface area contributed by atoms with Crippen LogP contribution in [0.1, 0.15) is 44.7 Å². The van der Waals surface area contributed by atoms with E-state index in [1.807, 2.05) is 18.2 Å². The molecule has 11 heteroatoms. The number of morpholine rings is 1. The van der Waals surface area contributed by atoms with E-state index in [0.29, 0.717) is 30.9 Å². The number of aliphatic hydroxyl groups excluding tert-OH is 2. The molecule has 6 atom stereocenters. The Balaban J connectivity index is 1.32. The van der Waals surface area contributed by atoms with E-state index in [9.17, 15) is 24.9 Å². The van der Waals surface area contributed by atoms with Crippen LogP contribution in [0.15, 0.2) is 30.3 Å². The van der Waals surface area contributed by atoms with Gasteiger partial charge in [0.15, 0.2) is 11.5 Å². The fourth-order valence-electron chi connectivity index (χ4n) is 6.11. The summed E-state index contributed by atoms with van der Waals surface area (Å²) in [6, 6.07) is 7.35. The number of amides is 2. The zero-order valence-electron chi connectivity index (χ0n) is 20.9. The van der Waals surface area contributed by atoms with Crippen molar-refractivity contribution in [1.29, 1.82) is 0 Å². The van der Waals surface area contributed by atoms with Gasteiger partial charge in [0, 0.05) is 43.1 Å². The minimum atomic E-state index is -1.32. The molecule has 5 N–H and O–H groups in total. The fourth-order valence-corrected chi connectivity index (χ4v) is 6.11. The molecule has 0 bridgehead atoms. The highest BCUT2D eigenvalue weighted by Gasteiger charge is 2.53. The molecule has 2 aromatic rings. The first-order chi connectivity index (χ1) is 18.3. The second kappa shape index (κ2) is 9.73. The van der Waals surface area contributed by atoms with Gasteiger partial charge in [0.2, 0.25) is 12.5 Å². The number of hydrogen-bond acceptors (Lipinski definition) is 9. The largest absolute Gasteiger partial charge is 0.504 e. The average molecular weight is 526 g/mol. The van der Waals surface area contributed by atoms with E-state index in [1.165, 1.54) is 0 Å². The first-order valence-electron chi connectivity index (χ1n) is 12.9. The van der Waals surface area contributed by atoms with E-state index in [0.717, 1.165) is 18.7 Å². The third-order valence-electron chi connectivity index (χ3n) is 8.15. The Hall–Kier alpha value is -3.38. The topological polar surface area (TPSA) is 150 Å². The van der Waals surface area contributed by atoms with Crippen LogP contribution in [0.3, 0.4) is 0 Å². The number of nitrogens with one attached hydrogen (secondary N) is 2. The van der Waals surface area contributed by atoms with E-state index in [4.69, 9.17) is 14.2 Å². The van der Waals surface area contributed by atoms with Crippen LogP contribution in [0.5, 0.6) is 17.2 Å². The fraction of sp³-hybridized carbons (Fsp3) is 0.481. The lowest BCUT2D eigenvalue weighted by Gasteiger charge is -2.50. The summed E-state index contributed by atoms with van der Waals surface area (Å²) in [6.45, 7) is 5.31. The predicted molar refractivity (Wildman–Crippen MR) is 133 cm³/mol. The Labute approximate surface area is 219 Å². The number of carbonyl (C=O) groups is 2. The molecule has 202 valence electrons. The van der Waals surface area contributed by atoms with Gasteiger partial charge in [0.25, 0.3) is 11.8 Å². The Bertz CT molecular complexity index is 1260. The molecule has 0 aromatic heterocycles. The second-order valence-corrected chi connectivity index (χ2v) is 10.4. The molecule has 2 fully saturated rings. The standard InChI is InChI=1S/C27H31N3O8/c1-13-20-18(16-10-17-25(38-12-37-17)23(32)19(16)27(35)28-20)21(24(33)22(13)31)29-26(34)15-4-2-3-14(9-15)11-30-5-7-36-8-6-30/h2-4,9-10,13,18,20-22,24,31-33H,5-8,11-12H2,1H3,(H,28,35)(H,29,34)/t13-,18+,20-,21+,22-,24-/m0/s1. The third-order valence-corrected chi connectivity index (χ3v) is 8.15. The molecule has 0 unspecified atom stereocenters. The molecule has 1 saturated heterocycles. The van der Waals surface area contributed by atoms with Gasteiger partial charge in [0.1, 0.15) is 6.10 Å². The van der Waals surface area contributed by atoms with Gasteiger partial charge < -0.3 is 40.2 Å². The van der Waals surface area contributed by atoms with Crippen molar-refractivity contribution < 1.29 is 39.1 Å².